The van der Waals surface area contributed by atoms with E-state index in [2.05, 4.69) is 25.6 Å². The summed E-state index contributed by atoms with van der Waals surface area (Å²) in [5, 5.41) is 15.8. The van der Waals surface area contributed by atoms with E-state index < -0.39 is 34.9 Å². The van der Waals surface area contributed by atoms with Crippen molar-refractivity contribution in [1.82, 2.24) is 29.4 Å². The van der Waals surface area contributed by atoms with Crippen LogP contribution in [0.15, 0.2) is 59.4 Å². The minimum Gasteiger partial charge on any atom is -0.477 e. The first kappa shape index (κ1) is 28.5. The number of carbonyl (C=O) groups excluding carboxylic acids is 1. The number of benzene rings is 1. The number of carboxylic acids is 1. The van der Waals surface area contributed by atoms with Crippen molar-refractivity contribution >= 4 is 40.1 Å². The maximum absolute atomic E-state index is 13.4. The summed E-state index contributed by atoms with van der Waals surface area (Å²) < 4.78 is 43.4. The normalized spacial score (nSPS) is 11.5. The molecule has 4 heterocycles. The summed E-state index contributed by atoms with van der Waals surface area (Å²) in [5.41, 5.74) is -0.282. The van der Waals surface area contributed by atoms with Crippen LogP contribution in [0, 0.1) is 0 Å². The predicted molar refractivity (Wildman–Crippen MR) is 150 cm³/mol. The van der Waals surface area contributed by atoms with Gasteiger partial charge in [-0.25, -0.2) is 24.5 Å². The highest BCUT2D eigenvalue weighted by Crippen LogP contribution is 2.39. The van der Waals surface area contributed by atoms with Crippen molar-refractivity contribution in [3.63, 3.8) is 0 Å². The van der Waals surface area contributed by atoms with Gasteiger partial charge in [0.05, 0.1) is 24.1 Å². The van der Waals surface area contributed by atoms with Gasteiger partial charge in [-0.2, -0.15) is 13.2 Å². The minimum absolute atomic E-state index is 0.00520. The lowest BCUT2D eigenvalue weighted by Crippen LogP contribution is -2.28. The van der Waals surface area contributed by atoms with Crippen molar-refractivity contribution in [2.75, 3.05) is 11.9 Å². The number of nitrogens with one attached hydrogen (secondary N) is 2. The maximum atomic E-state index is 13.4. The lowest BCUT2D eigenvalue weighted by molar-refractivity contribution is -0.140. The van der Waals surface area contributed by atoms with Gasteiger partial charge in [0.1, 0.15) is 16.4 Å². The number of alkyl halides is 3. The van der Waals surface area contributed by atoms with Crippen molar-refractivity contribution in [3.8, 4) is 21.7 Å². The summed E-state index contributed by atoms with van der Waals surface area (Å²) >= 11 is 0.755. The summed E-state index contributed by atoms with van der Waals surface area (Å²) in [6, 6.07) is 5.57. The van der Waals surface area contributed by atoms with Crippen molar-refractivity contribution in [1.29, 1.82) is 0 Å². The van der Waals surface area contributed by atoms with Crippen LogP contribution in [-0.4, -0.2) is 47.7 Å². The van der Waals surface area contributed by atoms with E-state index in [1.807, 2.05) is 0 Å². The van der Waals surface area contributed by atoms with E-state index in [4.69, 9.17) is 0 Å². The zero-order valence-electron chi connectivity index (χ0n) is 22.1. The number of amides is 2. The third-order valence-corrected chi connectivity index (χ3v) is 7.10. The van der Waals surface area contributed by atoms with Crippen LogP contribution >= 0.6 is 11.3 Å². The number of halogens is 3. The molecule has 0 fully saturated rings. The first-order valence-electron chi connectivity index (χ1n) is 12.4. The van der Waals surface area contributed by atoms with Crippen molar-refractivity contribution < 1.29 is 27.9 Å². The number of hydrogen-bond acceptors (Lipinski definition) is 7. The molecule has 0 radical (unpaired) electrons. The molecule has 5 rings (SSSR count). The molecule has 5 aromatic rings. The summed E-state index contributed by atoms with van der Waals surface area (Å²) in [7, 11) is 1.79. The molecule has 0 bridgehead atoms. The Morgan fingerprint density at radius 2 is 1.90 bits per heavy atom. The Morgan fingerprint density at radius 3 is 2.55 bits per heavy atom. The highest BCUT2D eigenvalue weighted by molar-refractivity contribution is 7.13. The zero-order chi connectivity index (χ0) is 30.2. The van der Waals surface area contributed by atoms with E-state index in [0.717, 1.165) is 16.7 Å². The molecule has 1 aromatic carbocycles. The summed E-state index contributed by atoms with van der Waals surface area (Å²) in [5.74, 6) is -1.34. The SMILES string of the molecule is CCNC(=O)Nc1cc(-c2nc(C(F)(F)F)cs2)c(-c2ccc3c(c2)c(=O)c(C(=O)O)cn3Cc2cn(C)cn2)cn1. The molecule has 2 amide bonds. The highest BCUT2D eigenvalue weighted by Gasteiger charge is 2.34. The average molecular weight is 598 g/mol. The van der Waals surface area contributed by atoms with Crippen LogP contribution in [0.5, 0.6) is 0 Å². The number of thiazole rings is 1. The van der Waals surface area contributed by atoms with Gasteiger partial charge in [-0.05, 0) is 30.7 Å². The molecule has 0 aliphatic rings. The van der Waals surface area contributed by atoms with Gasteiger partial charge >= 0.3 is 18.2 Å². The van der Waals surface area contributed by atoms with Crippen LogP contribution < -0.4 is 16.1 Å². The molecule has 3 N–H and O–H groups in total. The largest absolute Gasteiger partial charge is 0.477 e. The summed E-state index contributed by atoms with van der Waals surface area (Å²) in [6.07, 6.45) is 1.29. The van der Waals surface area contributed by atoms with Gasteiger partial charge < -0.3 is 19.6 Å². The molecule has 216 valence electrons. The number of fused-ring (bicyclic) bond motifs is 1. The average Bonchev–Trinajstić information content (AvgIpc) is 3.59. The highest BCUT2D eigenvalue weighted by atomic mass is 32.1. The van der Waals surface area contributed by atoms with Crippen LogP contribution in [0.25, 0.3) is 32.6 Å². The molecular formula is C27H22F3N7O4S. The molecule has 0 unspecified atom stereocenters. The topological polar surface area (TPSA) is 144 Å². The lowest BCUT2D eigenvalue weighted by Gasteiger charge is -2.14. The lowest BCUT2D eigenvalue weighted by atomic mass is 9.99. The second kappa shape index (κ2) is 11.1. The van der Waals surface area contributed by atoms with E-state index in [1.165, 1.54) is 24.5 Å². The van der Waals surface area contributed by atoms with Gasteiger partial charge in [-0.3, -0.25) is 10.1 Å². The Bertz CT molecular complexity index is 1890. The monoisotopic (exact) mass is 597 g/mol. The fourth-order valence-corrected chi connectivity index (χ4v) is 5.21. The fraction of sp³-hybridized carbons (Fsp3) is 0.185. The van der Waals surface area contributed by atoms with Gasteiger partial charge in [-0.15, -0.1) is 11.3 Å². The Morgan fingerprint density at radius 1 is 1.12 bits per heavy atom. The maximum Gasteiger partial charge on any atom is 0.434 e. The van der Waals surface area contributed by atoms with Crippen LogP contribution in [0.1, 0.15) is 28.7 Å². The predicted octanol–water partition coefficient (Wildman–Crippen LogP) is 4.83. The quantitative estimate of drug-likeness (QED) is 0.244. The van der Waals surface area contributed by atoms with E-state index in [9.17, 15) is 32.7 Å². The molecule has 42 heavy (non-hydrogen) atoms. The molecule has 0 saturated heterocycles. The van der Waals surface area contributed by atoms with Crippen molar-refractivity contribution in [2.24, 2.45) is 7.05 Å². The van der Waals surface area contributed by atoms with Crippen LogP contribution in [0.4, 0.5) is 23.8 Å². The Balaban J connectivity index is 1.68. The number of aromatic nitrogens is 5. The first-order valence-corrected chi connectivity index (χ1v) is 13.3. The van der Waals surface area contributed by atoms with Crippen molar-refractivity contribution in [3.05, 3.63) is 81.7 Å². The Kier molecular flexibility index (Phi) is 7.51. The smallest absolute Gasteiger partial charge is 0.434 e. The van der Waals surface area contributed by atoms with Gasteiger partial charge in [0.2, 0.25) is 5.43 Å². The molecule has 15 heteroatoms. The van der Waals surface area contributed by atoms with Gasteiger partial charge in [0.15, 0.2) is 5.69 Å². The van der Waals surface area contributed by atoms with Gasteiger partial charge in [-0.1, -0.05) is 6.07 Å². The number of anilines is 1. The van der Waals surface area contributed by atoms with E-state index in [1.54, 1.807) is 47.8 Å². The summed E-state index contributed by atoms with van der Waals surface area (Å²) in [6.45, 7) is 2.24. The number of imidazole rings is 1. The molecule has 0 atom stereocenters. The van der Waals surface area contributed by atoms with Gasteiger partial charge in [0.25, 0.3) is 0 Å². The Labute approximate surface area is 239 Å². The first-order chi connectivity index (χ1) is 19.9. The van der Waals surface area contributed by atoms with Crippen molar-refractivity contribution in [2.45, 2.75) is 19.6 Å². The van der Waals surface area contributed by atoms with Crippen LogP contribution in [0.2, 0.25) is 0 Å². The molecular weight excluding hydrogens is 575 g/mol. The molecule has 0 saturated carbocycles. The second-order valence-corrected chi connectivity index (χ2v) is 10.1. The number of hydrogen-bond donors (Lipinski definition) is 3. The second-order valence-electron chi connectivity index (χ2n) is 9.20. The number of urea groups is 1. The van der Waals surface area contributed by atoms with E-state index >= 15 is 0 Å². The number of carbonyl (C=O) groups is 2. The third-order valence-electron chi connectivity index (χ3n) is 6.22. The Hall–Kier alpha value is -5.05. The molecule has 0 aliphatic carbocycles. The minimum atomic E-state index is -4.67. The molecule has 0 spiro atoms. The number of pyridine rings is 2. The zero-order valence-corrected chi connectivity index (χ0v) is 22.9. The molecule has 4 aromatic heterocycles. The number of carboxylic acid groups (broad SMARTS) is 1. The van der Waals surface area contributed by atoms with Gasteiger partial charge in [0, 0.05) is 54.1 Å². The van der Waals surface area contributed by atoms with E-state index in [0.29, 0.717) is 28.9 Å². The summed E-state index contributed by atoms with van der Waals surface area (Å²) in [4.78, 5) is 49.5. The number of nitrogens with zero attached hydrogens (tertiary/aromatic N) is 5. The third kappa shape index (κ3) is 5.72. The number of aryl methyl sites for hydroxylation is 1. The van der Waals surface area contributed by atoms with E-state index in [-0.39, 0.29) is 28.3 Å². The van der Waals surface area contributed by atoms with Crippen LogP contribution in [0.3, 0.4) is 0 Å². The van der Waals surface area contributed by atoms with Crippen LogP contribution in [-0.2, 0) is 19.8 Å². The number of rotatable bonds is 7. The molecule has 11 nitrogen and oxygen atoms in total. The fourth-order valence-electron chi connectivity index (χ4n) is 4.35. The standard InChI is InChI=1S/C27H22F3N7O4S/c1-3-31-26(41)35-22-7-16(24-34-21(12-42-24)27(28,29)30)18(8-32-22)14-4-5-20-17(6-14)23(38)19(25(39)40)11-37(20)10-15-9-36(2)13-33-15/h4-9,11-13H,3,10H2,1-2H3,(H,39,40)(H2,31,32,35,41). The number of aromatic carboxylic acids is 1. The molecule has 0 aliphatic heterocycles.